The monoisotopic (exact) mass is 127 g/mol. The van der Waals surface area contributed by atoms with E-state index in [9.17, 15) is 0 Å². The fraction of sp³-hybridized carbons (Fsp3) is 1.00. The molecule has 1 N–H and O–H groups in total. The highest BCUT2D eigenvalue weighted by Crippen LogP contribution is 2.38. The van der Waals surface area contributed by atoms with Gasteiger partial charge in [-0.2, -0.15) is 0 Å². The normalized spacial score (nSPS) is 32.3. The largest absolute Gasteiger partial charge is 0.305 e. The van der Waals surface area contributed by atoms with Crippen LogP contribution >= 0.6 is 0 Å². The molecule has 9 heavy (non-hydrogen) atoms. The summed E-state index contributed by atoms with van der Waals surface area (Å²) < 4.78 is 0. The van der Waals surface area contributed by atoms with E-state index in [2.05, 4.69) is 39.9 Å². The molecule has 1 atom stereocenters. The van der Waals surface area contributed by atoms with Gasteiger partial charge in [-0.15, -0.1) is 0 Å². The molecule has 0 spiro atoms. The van der Waals surface area contributed by atoms with Crippen LogP contribution in [0.3, 0.4) is 0 Å². The second-order valence-corrected chi connectivity index (χ2v) is 4.67. The van der Waals surface area contributed by atoms with Crippen LogP contribution < -0.4 is 5.32 Å². The van der Waals surface area contributed by atoms with Crippen molar-refractivity contribution in [2.75, 3.05) is 0 Å². The predicted octanol–water partition coefficient (Wildman–Crippen LogP) is 1.78. The van der Waals surface area contributed by atoms with Gasteiger partial charge in [-0.1, -0.05) is 20.8 Å². The number of nitrogens with one attached hydrogen (secondary N) is 1. The molecule has 0 aromatic rings. The van der Waals surface area contributed by atoms with Gasteiger partial charge in [-0.25, -0.2) is 0 Å². The van der Waals surface area contributed by atoms with E-state index in [-0.39, 0.29) is 0 Å². The van der Waals surface area contributed by atoms with Gasteiger partial charge in [-0.3, -0.25) is 0 Å². The Morgan fingerprint density at radius 1 is 1.22 bits per heavy atom. The molecular weight excluding hydrogens is 110 g/mol. The van der Waals surface area contributed by atoms with Gasteiger partial charge in [0.15, 0.2) is 0 Å². The minimum Gasteiger partial charge on any atom is -0.305 e. The van der Waals surface area contributed by atoms with E-state index in [1.54, 1.807) is 0 Å². The summed E-state index contributed by atoms with van der Waals surface area (Å²) in [6, 6.07) is 0.713. The third kappa shape index (κ3) is 1.26. The number of hydrogen-bond acceptors (Lipinski definition) is 1. The van der Waals surface area contributed by atoms with E-state index in [1.807, 2.05) is 0 Å². The first-order valence-electron chi connectivity index (χ1n) is 3.62. The van der Waals surface area contributed by atoms with Gasteiger partial charge in [-0.05, 0) is 19.3 Å². The minimum absolute atomic E-state index is 0.401. The Kier molecular flexibility index (Phi) is 1.19. The molecule has 1 fully saturated rings. The Hall–Kier alpha value is -0.0400. The molecule has 1 rings (SSSR count). The third-order valence-electron chi connectivity index (χ3n) is 2.02. The molecule has 0 saturated carbocycles. The topological polar surface area (TPSA) is 21.9 Å². The highest BCUT2D eigenvalue weighted by Gasteiger charge is 2.51. The highest BCUT2D eigenvalue weighted by molar-refractivity contribution is 5.12. The summed E-state index contributed by atoms with van der Waals surface area (Å²) in [5.74, 6) is 0. The molecule has 0 aromatic heterocycles. The van der Waals surface area contributed by atoms with Gasteiger partial charge >= 0.3 is 0 Å². The van der Waals surface area contributed by atoms with Crippen molar-refractivity contribution in [1.29, 1.82) is 0 Å². The van der Waals surface area contributed by atoms with E-state index in [0.29, 0.717) is 17.0 Å². The maximum absolute atomic E-state index is 3.45. The highest BCUT2D eigenvalue weighted by atomic mass is 15.2. The van der Waals surface area contributed by atoms with Crippen LogP contribution in [0.25, 0.3) is 0 Å². The first-order valence-corrected chi connectivity index (χ1v) is 3.62. The van der Waals surface area contributed by atoms with Gasteiger partial charge in [0.05, 0.1) is 0 Å². The smallest absolute Gasteiger partial charge is 0.0298 e. The quantitative estimate of drug-likeness (QED) is 0.492. The zero-order valence-corrected chi connectivity index (χ0v) is 7.08. The molecule has 0 bridgehead atoms. The number of rotatable bonds is 0. The summed E-state index contributed by atoms with van der Waals surface area (Å²) in [5, 5.41) is 3.45. The Labute approximate surface area is 57.8 Å². The van der Waals surface area contributed by atoms with Crippen LogP contribution in [0, 0.1) is 5.41 Å². The molecule has 1 heteroatoms. The van der Waals surface area contributed by atoms with Crippen molar-refractivity contribution < 1.29 is 0 Å². The Morgan fingerprint density at radius 3 is 1.56 bits per heavy atom. The fourth-order valence-electron chi connectivity index (χ4n) is 1.63. The summed E-state index contributed by atoms with van der Waals surface area (Å²) in [7, 11) is 0. The van der Waals surface area contributed by atoms with Crippen molar-refractivity contribution in [3.63, 3.8) is 0 Å². The molecule has 1 aliphatic heterocycles. The molecule has 0 aliphatic carbocycles. The van der Waals surface area contributed by atoms with E-state index >= 15 is 0 Å². The molecule has 1 nitrogen and oxygen atoms in total. The molecule has 1 heterocycles. The zero-order valence-electron chi connectivity index (χ0n) is 7.08. The van der Waals surface area contributed by atoms with Crippen LogP contribution in [0.2, 0.25) is 0 Å². The lowest BCUT2D eigenvalue weighted by Crippen LogP contribution is -2.20. The molecule has 0 radical (unpaired) electrons. The van der Waals surface area contributed by atoms with E-state index in [1.165, 1.54) is 0 Å². The predicted molar refractivity (Wildman–Crippen MR) is 40.5 cm³/mol. The zero-order chi connectivity index (χ0) is 7.28. The molecule has 0 aromatic carbocycles. The number of hydrogen-bond donors (Lipinski definition) is 1. The summed E-state index contributed by atoms with van der Waals surface area (Å²) in [4.78, 5) is 0. The molecule has 54 valence electrons. The average Bonchev–Trinajstić information content (AvgIpc) is 2.10. The Bertz CT molecular complexity index is 119. The van der Waals surface area contributed by atoms with Gasteiger partial charge in [0.2, 0.25) is 0 Å². The van der Waals surface area contributed by atoms with Gasteiger partial charge in [0.25, 0.3) is 0 Å². The van der Waals surface area contributed by atoms with Gasteiger partial charge < -0.3 is 5.32 Å². The van der Waals surface area contributed by atoms with Crippen LogP contribution in [0.5, 0.6) is 0 Å². The summed E-state index contributed by atoms with van der Waals surface area (Å²) in [6.07, 6.45) is 0. The van der Waals surface area contributed by atoms with Crippen LogP contribution in [-0.2, 0) is 0 Å². The maximum Gasteiger partial charge on any atom is 0.0298 e. The molecule has 1 unspecified atom stereocenters. The average molecular weight is 127 g/mol. The van der Waals surface area contributed by atoms with E-state index in [4.69, 9.17) is 0 Å². The molecular formula is C8H17N. The van der Waals surface area contributed by atoms with Crippen molar-refractivity contribution >= 4 is 0 Å². The van der Waals surface area contributed by atoms with Crippen LogP contribution in [0.4, 0.5) is 0 Å². The second-order valence-electron chi connectivity index (χ2n) is 4.67. The van der Waals surface area contributed by atoms with E-state index < -0.39 is 0 Å². The van der Waals surface area contributed by atoms with Crippen molar-refractivity contribution in [2.45, 2.75) is 46.2 Å². The molecule has 0 amide bonds. The van der Waals surface area contributed by atoms with Crippen LogP contribution in [0.1, 0.15) is 34.6 Å². The van der Waals surface area contributed by atoms with Crippen LogP contribution in [-0.4, -0.2) is 11.6 Å². The van der Waals surface area contributed by atoms with E-state index in [0.717, 1.165) is 0 Å². The lowest BCUT2D eigenvalue weighted by molar-refractivity contribution is 0.382. The SMILES string of the molecule is CC(C)(C)C1NC1(C)C. The third-order valence-corrected chi connectivity index (χ3v) is 2.02. The van der Waals surface area contributed by atoms with Crippen molar-refractivity contribution in [3.8, 4) is 0 Å². The van der Waals surface area contributed by atoms with Crippen LogP contribution in [0.15, 0.2) is 0 Å². The first-order chi connectivity index (χ1) is 3.84. The summed E-state index contributed by atoms with van der Waals surface area (Å²) in [5.41, 5.74) is 0.835. The lowest BCUT2D eigenvalue weighted by atomic mass is 9.86. The lowest BCUT2D eigenvalue weighted by Gasteiger charge is -2.17. The fourth-order valence-corrected chi connectivity index (χ4v) is 1.63. The summed E-state index contributed by atoms with van der Waals surface area (Å²) in [6.45, 7) is 11.3. The van der Waals surface area contributed by atoms with Gasteiger partial charge in [0, 0.05) is 11.6 Å². The van der Waals surface area contributed by atoms with Crippen molar-refractivity contribution in [3.05, 3.63) is 0 Å². The minimum atomic E-state index is 0.401. The summed E-state index contributed by atoms with van der Waals surface area (Å²) >= 11 is 0. The van der Waals surface area contributed by atoms with Gasteiger partial charge in [0.1, 0.15) is 0 Å². The first kappa shape index (κ1) is 7.07. The standard InChI is InChI=1S/C8H17N/c1-7(2,3)6-8(4,5)9-6/h6,9H,1-5H3. The van der Waals surface area contributed by atoms with Crippen molar-refractivity contribution in [2.24, 2.45) is 5.41 Å². The Morgan fingerprint density at radius 2 is 1.56 bits per heavy atom. The second kappa shape index (κ2) is 1.51. The Balaban J connectivity index is 2.52. The van der Waals surface area contributed by atoms with Crippen molar-refractivity contribution in [1.82, 2.24) is 5.32 Å². The maximum atomic E-state index is 3.45. The molecule has 1 saturated heterocycles. The molecule has 1 aliphatic rings.